The van der Waals surface area contributed by atoms with Crippen LogP contribution in [0.25, 0.3) is 16.5 Å². The van der Waals surface area contributed by atoms with Gasteiger partial charge in [0.2, 0.25) is 0 Å². The van der Waals surface area contributed by atoms with Crippen molar-refractivity contribution < 1.29 is 24.2 Å². The lowest BCUT2D eigenvalue weighted by Gasteiger charge is -2.26. The molecule has 126 valence electrons. The van der Waals surface area contributed by atoms with Crippen molar-refractivity contribution >= 4 is 22.2 Å². The van der Waals surface area contributed by atoms with Gasteiger partial charge in [-0.3, -0.25) is 10.1 Å². The number of hydrogen-bond donors (Lipinski definition) is 1. The van der Waals surface area contributed by atoms with Crippen molar-refractivity contribution in [1.29, 1.82) is 0 Å². The van der Waals surface area contributed by atoms with Crippen LogP contribution in [0.4, 0.5) is 5.69 Å². The lowest BCUT2D eigenvalue weighted by atomic mass is 9.88. The fourth-order valence-electron chi connectivity index (χ4n) is 3.13. The normalized spacial score (nSPS) is 16.5. The van der Waals surface area contributed by atoms with E-state index in [0.29, 0.717) is 23.0 Å². The number of ether oxygens (including phenoxy) is 3. The zero-order chi connectivity index (χ0) is 17.4. The number of phenolic OH excluding ortho intramolecular Hbond substituents is 1. The third-order valence-corrected chi connectivity index (χ3v) is 4.25. The topological polar surface area (TPSA) is 91.1 Å². The average Bonchev–Trinajstić information content (AvgIpc) is 2.60. The molecule has 0 bridgehead atoms. The maximum absolute atomic E-state index is 11.0. The molecule has 0 saturated carbocycles. The number of fused-ring (bicyclic) bond motifs is 3. The van der Waals surface area contributed by atoms with Crippen LogP contribution in [0.1, 0.15) is 11.1 Å². The number of benzene rings is 2. The van der Waals surface area contributed by atoms with Crippen LogP contribution >= 0.6 is 0 Å². The van der Waals surface area contributed by atoms with E-state index in [-0.39, 0.29) is 23.3 Å². The van der Waals surface area contributed by atoms with Crippen molar-refractivity contribution in [3.63, 3.8) is 0 Å². The van der Waals surface area contributed by atoms with Crippen molar-refractivity contribution in [1.82, 2.24) is 0 Å². The van der Waals surface area contributed by atoms with E-state index < -0.39 is 4.92 Å². The summed E-state index contributed by atoms with van der Waals surface area (Å²) in [7, 11) is 4.59. The summed E-state index contributed by atoms with van der Waals surface area (Å²) in [5.74, 6) is 0.741. The Labute approximate surface area is 138 Å². The minimum atomic E-state index is -0.501. The Morgan fingerprint density at radius 3 is 2.54 bits per heavy atom. The molecule has 24 heavy (non-hydrogen) atoms. The summed E-state index contributed by atoms with van der Waals surface area (Å²) in [5, 5.41) is 22.6. The van der Waals surface area contributed by atoms with Crippen LogP contribution in [-0.2, 0) is 15.9 Å². The van der Waals surface area contributed by atoms with E-state index in [1.165, 1.54) is 19.2 Å². The number of nitro benzene ring substituents is 1. The smallest absolute Gasteiger partial charge is 0.270 e. The molecular weight excluding hydrogens is 314 g/mol. The van der Waals surface area contributed by atoms with Gasteiger partial charge in [-0.25, -0.2) is 0 Å². The van der Waals surface area contributed by atoms with Gasteiger partial charge in [0.1, 0.15) is 5.76 Å². The van der Waals surface area contributed by atoms with Crippen LogP contribution in [-0.4, -0.2) is 37.5 Å². The van der Waals surface area contributed by atoms with Gasteiger partial charge >= 0.3 is 0 Å². The first kappa shape index (κ1) is 16.1. The van der Waals surface area contributed by atoms with Crippen molar-refractivity contribution in [2.24, 2.45) is 0 Å². The van der Waals surface area contributed by atoms with Gasteiger partial charge in [0.25, 0.3) is 5.69 Å². The maximum atomic E-state index is 11.0. The highest BCUT2D eigenvalue weighted by molar-refractivity contribution is 6.01. The second-order valence-corrected chi connectivity index (χ2v) is 5.44. The molecule has 2 aromatic carbocycles. The van der Waals surface area contributed by atoms with Gasteiger partial charge in [0, 0.05) is 42.2 Å². The molecule has 0 aliphatic heterocycles. The number of nitro groups is 1. The second-order valence-electron chi connectivity index (χ2n) is 5.44. The highest BCUT2D eigenvalue weighted by Gasteiger charge is 2.29. The van der Waals surface area contributed by atoms with E-state index in [9.17, 15) is 15.2 Å². The highest BCUT2D eigenvalue weighted by Crippen LogP contribution is 2.47. The molecule has 1 aliphatic rings. The van der Waals surface area contributed by atoms with Gasteiger partial charge in [0.05, 0.1) is 25.2 Å². The van der Waals surface area contributed by atoms with Gasteiger partial charge in [-0.2, -0.15) is 0 Å². The molecule has 0 heterocycles. The van der Waals surface area contributed by atoms with E-state index in [0.717, 1.165) is 11.1 Å². The molecule has 0 amide bonds. The molecule has 7 nitrogen and oxygen atoms in total. The molecule has 0 saturated heterocycles. The summed E-state index contributed by atoms with van der Waals surface area (Å²) in [6.45, 7) is 0. The minimum Gasteiger partial charge on any atom is -0.504 e. The number of non-ortho nitro benzene ring substituents is 1. The largest absolute Gasteiger partial charge is 0.504 e. The van der Waals surface area contributed by atoms with Crippen LogP contribution < -0.4 is 4.74 Å². The summed E-state index contributed by atoms with van der Waals surface area (Å²) in [6, 6.07) is 4.36. The molecule has 7 heteroatoms. The quantitative estimate of drug-likeness (QED) is 0.684. The summed E-state index contributed by atoms with van der Waals surface area (Å²) >= 11 is 0. The molecule has 1 atom stereocenters. The molecule has 0 aromatic heterocycles. The fraction of sp³-hybridized carbons (Fsp3) is 0.294. The number of methoxy groups -OCH3 is 3. The first-order valence-corrected chi connectivity index (χ1v) is 7.30. The molecule has 2 aromatic rings. The first-order valence-electron chi connectivity index (χ1n) is 7.30. The number of nitrogens with zero attached hydrogens (tertiary/aromatic N) is 1. The predicted octanol–water partition coefficient (Wildman–Crippen LogP) is 3.02. The molecular formula is C17H17NO6. The zero-order valence-electron chi connectivity index (χ0n) is 13.5. The van der Waals surface area contributed by atoms with E-state index in [1.807, 2.05) is 6.08 Å². The first-order chi connectivity index (χ1) is 11.5. The lowest BCUT2D eigenvalue weighted by molar-refractivity contribution is -0.384. The van der Waals surface area contributed by atoms with Crippen molar-refractivity contribution in [2.75, 3.05) is 21.3 Å². The van der Waals surface area contributed by atoms with E-state index in [4.69, 9.17) is 14.2 Å². The van der Waals surface area contributed by atoms with Crippen LogP contribution in [0.3, 0.4) is 0 Å². The Balaban J connectivity index is 2.40. The zero-order valence-corrected chi connectivity index (χ0v) is 13.5. The predicted molar refractivity (Wildman–Crippen MR) is 88.3 cm³/mol. The Kier molecular flexibility index (Phi) is 4.02. The Hall–Kier alpha value is -2.80. The van der Waals surface area contributed by atoms with E-state index in [2.05, 4.69) is 0 Å². The summed E-state index contributed by atoms with van der Waals surface area (Å²) in [6.07, 6.45) is 2.14. The van der Waals surface area contributed by atoms with Crippen molar-refractivity contribution in [2.45, 2.75) is 12.5 Å². The van der Waals surface area contributed by atoms with Gasteiger partial charge in [-0.15, -0.1) is 0 Å². The molecule has 0 radical (unpaired) electrons. The van der Waals surface area contributed by atoms with Gasteiger partial charge < -0.3 is 19.3 Å². The minimum absolute atomic E-state index is 0.103. The Morgan fingerprint density at radius 1 is 1.21 bits per heavy atom. The molecule has 0 spiro atoms. The average molecular weight is 331 g/mol. The third kappa shape index (κ3) is 2.33. The van der Waals surface area contributed by atoms with Crippen LogP contribution in [0.15, 0.2) is 24.3 Å². The molecule has 1 aliphatic carbocycles. The molecule has 1 N–H and O–H groups in total. The van der Waals surface area contributed by atoms with Gasteiger partial charge in [0.15, 0.2) is 11.5 Å². The SMILES string of the molecule is COC1=CC(OC)Cc2c(OC)c(O)c3cc([N+](=O)[O-])ccc3c21. The third-order valence-electron chi connectivity index (χ3n) is 4.25. The molecule has 3 rings (SSSR count). The number of rotatable bonds is 4. The number of phenols is 1. The Morgan fingerprint density at radius 2 is 1.96 bits per heavy atom. The van der Waals surface area contributed by atoms with E-state index >= 15 is 0 Å². The monoisotopic (exact) mass is 331 g/mol. The van der Waals surface area contributed by atoms with Crippen molar-refractivity contribution in [3.8, 4) is 11.5 Å². The standard InChI is InChI=1S/C17H17NO6/c1-22-10-7-13-15(14(8-10)23-2)11-5-4-9(18(20)21)6-12(11)16(19)17(13)24-3/h4-6,8,10,19H,7H2,1-3H3. The lowest BCUT2D eigenvalue weighted by Crippen LogP contribution is -2.19. The van der Waals surface area contributed by atoms with Gasteiger partial charge in [-0.05, 0) is 17.5 Å². The van der Waals surface area contributed by atoms with Crippen LogP contribution in [0.2, 0.25) is 0 Å². The summed E-state index contributed by atoms with van der Waals surface area (Å²) in [4.78, 5) is 10.5. The summed E-state index contributed by atoms with van der Waals surface area (Å²) < 4.78 is 16.3. The van der Waals surface area contributed by atoms with Crippen LogP contribution in [0.5, 0.6) is 11.5 Å². The Bertz CT molecular complexity index is 858. The number of hydrogen-bond acceptors (Lipinski definition) is 6. The van der Waals surface area contributed by atoms with Gasteiger partial charge in [-0.1, -0.05) is 0 Å². The highest BCUT2D eigenvalue weighted by atomic mass is 16.6. The van der Waals surface area contributed by atoms with Crippen LogP contribution in [0, 0.1) is 10.1 Å². The number of aromatic hydroxyl groups is 1. The summed E-state index contributed by atoms with van der Waals surface area (Å²) in [5.41, 5.74) is 1.40. The molecule has 0 fully saturated rings. The van der Waals surface area contributed by atoms with E-state index in [1.54, 1.807) is 20.3 Å². The second kappa shape index (κ2) is 6.01. The van der Waals surface area contributed by atoms with Crippen molar-refractivity contribution in [3.05, 3.63) is 45.5 Å². The maximum Gasteiger partial charge on any atom is 0.270 e. The molecule has 1 unspecified atom stereocenters. The fourth-order valence-corrected chi connectivity index (χ4v) is 3.13.